The van der Waals surface area contributed by atoms with Gasteiger partial charge in [0.15, 0.2) is 11.6 Å². The highest BCUT2D eigenvalue weighted by molar-refractivity contribution is 5.66. The number of nitrogens with two attached hydrogens (primary N) is 1. The minimum absolute atomic E-state index is 0.0953. The van der Waals surface area contributed by atoms with Crippen LogP contribution in [0.15, 0.2) is 49.1 Å². The molecule has 1 atom stereocenters. The smallest absolute Gasteiger partial charge is 0.219 e. The lowest BCUT2D eigenvalue weighted by Gasteiger charge is -2.37. The van der Waals surface area contributed by atoms with Gasteiger partial charge in [-0.15, -0.1) is 0 Å². The second kappa shape index (κ2) is 6.65. The largest absolute Gasteiger partial charge is 0.471 e. The van der Waals surface area contributed by atoms with Crippen molar-refractivity contribution in [2.45, 2.75) is 31.9 Å². The number of fused-ring (bicyclic) bond motifs is 2. The van der Waals surface area contributed by atoms with Gasteiger partial charge in [0.05, 0.1) is 24.1 Å². The van der Waals surface area contributed by atoms with E-state index in [0.717, 1.165) is 5.56 Å². The van der Waals surface area contributed by atoms with Gasteiger partial charge in [0, 0.05) is 24.4 Å². The lowest BCUT2D eigenvalue weighted by atomic mass is 9.91. The highest BCUT2D eigenvalue weighted by Crippen LogP contribution is 2.40. The predicted molar refractivity (Wildman–Crippen MR) is 111 cm³/mol. The van der Waals surface area contributed by atoms with Crippen LogP contribution in [0.5, 0.6) is 5.88 Å². The van der Waals surface area contributed by atoms with Crippen molar-refractivity contribution in [1.29, 1.82) is 0 Å². The van der Waals surface area contributed by atoms with Crippen molar-refractivity contribution < 1.29 is 9.13 Å². The zero-order valence-electron chi connectivity index (χ0n) is 16.5. The third-order valence-electron chi connectivity index (χ3n) is 5.07. The van der Waals surface area contributed by atoms with E-state index in [-0.39, 0.29) is 11.9 Å². The first-order valence-electron chi connectivity index (χ1n) is 9.56. The molecule has 0 saturated heterocycles. The number of nitrogens with zero attached hydrogens (tertiary/aromatic N) is 5. The summed E-state index contributed by atoms with van der Waals surface area (Å²) in [4.78, 5) is 17.6. The monoisotopic (exact) mass is 405 g/mol. The summed E-state index contributed by atoms with van der Waals surface area (Å²) in [5, 5.41) is 3.42. The first-order chi connectivity index (χ1) is 14.4. The zero-order valence-corrected chi connectivity index (χ0v) is 16.5. The van der Waals surface area contributed by atoms with Gasteiger partial charge in [-0.05, 0) is 32.0 Å². The summed E-state index contributed by atoms with van der Waals surface area (Å²) in [7, 11) is 0. The second-order valence-electron chi connectivity index (χ2n) is 7.88. The van der Waals surface area contributed by atoms with E-state index in [1.807, 2.05) is 26.0 Å². The van der Waals surface area contributed by atoms with Crippen molar-refractivity contribution >= 4 is 17.2 Å². The van der Waals surface area contributed by atoms with Crippen LogP contribution in [-0.2, 0) is 0 Å². The molecule has 5 rings (SSSR count). The first-order valence-corrected chi connectivity index (χ1v) is 9.56. The number of aromatic nitrogens is 5. The lowest BCUT2D eigenvalue weighted by Crippen LogP contribution is -2.37. The molecule has 0 bridgehead atoms. The molecule has 3 N–H and O–H groups in total. The molecule has 30 heavy (non-hydrogen) atoms. The zero-order chi connectivity index (χ0) is 20.9. The van der Waals surface area contributed by atoms with Crippen LogP contribution in [0.1, 0.15) is 31.9 Å². The number of halogens is 1. The average molecular weight is 405 g/mol. The Morgan fingerprint density at radius 2 is 2.07 bits per heavy atom. The van der Waals surface area contributed by atoms with Gasteiger partial charge >= 0.3 is 0 Å². The maximum Gasteiger partial charge on any atom is 0.219 e. The molecule has 1 aliphatic rings. The molecule has 0 amide bonds. The predicted octanol–water partition coefficient (Wildman–Crippen LogP) is 3.62. The summed E-state index contributed by atoms with van der Waals surface area (Å²) < 4.78 is 21.3. The van der Waals surface area contributed by atoms with Crippen molar-refractivity contribution in [3.63, 3.8) is 0 Å². The van der Waals surface area contributed by atoms with E-state index in [2.05, 4.69) is 25.3 Å². The fraction of sp³-hybridized carbons (Fsp3) is 0.238. The van der Waals surface area contributed by atoms with Crippen molar-refractivity contribution in [3.8, 4) is 17.4 Å². The van der Waals surface area contributed by atoms with Gasteiger partial charge in [0.2, 0.25) is 5.88 Å². The number of anilines is 2. The molecule has 4 aromatic heterocycles. The Kier molecular flexibility index (Phi) is 4.05. The molecular weight excluding hydrogens is 385 g/mol. The van der Waals surface area contributed by atoms with E-state index in [9.17, 15) is 4.39 Å². The third kappa shape index (κ3) is 3.18. The molecule has 0 fully saturated rings. The van der Waals surface area contributed by atoms with Crippen LogP contribution in [-0.4, -0.2) is 29.9 Å². The summed E-state index contributed by atoms with van der Waals surface area (Å²) >= 11 is 0. The molecule has 0 radical (unpaired) electrons. The number of hydrogen-bond acceptors (Lipinski definition) is 7. The molecule has 4 aromatic rings. The van der Waals surface area contributed by atoms with Gasteiger partial charge in [-0.25, -0.2) is 24.3 Å². The van der Waals surface area contributed by atoms with Gasteiger partial charge < -0.3 is 15.8 Å². The Balaban J connectivity index is 1.54. The fourth-order valence-corrected chi connectivity index (χ4v) is 3.70. The normalized spacial score (nSPS) is 17.4. The van der Waals surface area contributed by atoms with Crippen molar-refractivity contribution in [2.75, 3.05) is 11.1 Å². The quantitative estimate of drug-likeness (QED) is 0.536. The van der Waals surface area contributed by atoms with E-state index in [4.69, 9.17) is 10.5 Å². The maximum atomic E-state index is 13.7. The Bertz CT molecular complexity index is 1250. The molecule has 1 aliphatic heterocycles. The van der Waals surface area contributed by atoms with Crippen LogP contribution in [0.2, 0.25) is 0 Å². The standard InChI is InChI=1S/C21H20FN7O/c1-21(2)8-15(13-4-3-7-24-20(13)30-21)27-18-14(23)9-26-19(28-18)16-10-25-17-6-5-12(22)11-29(16)17/h3-7,9-11,15H,8,23H2,1-2H3,(H,26,27,28). The average Bonchev–Trinajstić information content (AvgIpc) is 3.12. The van der Waals surface area contributed by atoms with Crippen LogP contribution < -0.4 is 15.8 Å². The van der Waals surface area contributed by atoms with E-state index >= 15 is 0 Å². The van der Waals surface area contributed by atoms with E-state index in [1.54, 1.807) is 22.9 Å². The van der Waals surface area contributed by atoms with E-state index in [0.29, 0.717) is 41.0 Å². The molecular formula is C21H20FN7O. The Morgan fingerprint density at radius 1 is 1.20 bits per heavy atom. The number of rotatable bonds is 3. The Morgan fingerprint density at radius 3 is 2.93 bits per heavy atom. The summed E-state index contributed by atoms with van der Waals surface area (Å²) in [5.74, 6) is 1.10. The topological polar surface area (TPSA) is 103 Å². The minimum Gasteiger partial charge on any atom is -0.471 e. The van der Waals surface area contributed by atoms with Crippen LogP contribution in [0.4, 0.5) is 15.9 Å². The van der Waals surface area contributed by atoms with Gasteiger partial charge in [-0.2, -0.15) is 0 Å². The highest BCUT2D eigenvalue weighted by atomic mass is 19.1. The van der Waals surface area contributed by atoms with Crippen molar-refractivity contribution in [2.24, 2.45) is 0 Å². The minimum atomic E-state index is -0.400. The van der Waals surface area contributed by atoms with Crippen LogP contribution >= 0.6 is 0 Å². The van der Waals surface area contributed by atoms with Crippen molar-refractivity contribution in [3.05, 3.63) is 60.4 Å². The Hall–Kier alpha value is -3.75. The molecule has 152 valence electrons. The van der Waals surface area contributed by atoms with Gasteiger partial charge in [0.25, 0.3) is 0 Å². The lowest BCUT2D eigenvalue weighted by molar-refractivity contribution is 0.0696. The summed E-state index contributed by atoms with van der Waals surface area (Å²) in [6.45, 7) is 4.03. The number of ether oxygens (including phenoxy) is 1. The van der Waals surface area contributed by atoms with Crippen molar-refractivity contribution in [1.82, 2.24) is 24.3 Å². The molecule has 0 aromatic carbocycles. The molecule has 1 unspecified atom stereocenters. The Labute approximate surface area is 172 Å². The van der Waals surface area contributed by atoms with Gasteiger partial charge in [0.1, 0.15) is 22.8 Å². The van der Waals surface area contributed by atoms with Crippen LogP contribution in [0, 0.1) is 5.82 Å². The molecule has 8 nitrogen and oxygen atoms in total. The molecule has 9 heteroatoms. The SMILES string of the molecule is CC1(C)CC(Nc2nc(-c3cnc4ccc(F)cn34)ncc2N)c2cccnc2O1. The summed E-state index contributed by atoms with van der Waals surface area (Å²) in [6, 6.07) is 6.71. The number of pyridine rings is 2. The highest BCUT2D eigenvalue weighted by Gasteiger charge is 2.35. The molecule has 0 saturated carbocycles. The number of hydrogen-bond donors (Lipinski definition) is 2. The van der Waals surface area contributed by atoms with Gasteiger partial charge in [-0.3, -0.25) is 4.40 Å². The molecule has 0 spiro atoms. The summed E-state index contributed by atoms with van der Waals surface area (Å²) in [6.07, 6.45) is 6.91. The maximum absolute atomic E-state index is 13.7. The number of imidazole rings is 1. The van der Waals surface area contributed by atoms with Crippen LogP contribution in [0.3, 0.4) is 0 Å². The summed E-state index contributed by atoms with van der Waals surface area (Å²) in [5.41, 5.74) is 8.29. The second-order valence-corrected chi connectivity index (χ2v) is 7.88. The first kappa shape index (κ1) is 18.3. The van der Waals surface area contributed by atoms with E-state index < -0.39 is 5.60 Å². The third-order valence-corrected chi connectivity index (χ3v) is 5.07. The number of nitrogen functional groups attached to an aromatic ring is 1. The van der Waals surface area contributed by atoms with E-state index in [1.165, 1.54) is 18.5 Å². The molecule has 0 aliphatic carbocycles. The number of nitrogens with one attached hydrogen (secondary N) is 1. The fourth-order valence-electron chi connectivity index (χ4n) is 3.70. The van der Waals surface area contributed by atoms with Gasteiger partial charge in [-0.1, -0.05) is 6.07 Å². The van der Waals surface area contributed by atoms with Crippen LogP contribution in [0.25, 0.3) is 17.2 Å². The molecule has 5 heterocycles.